The first kappa shape index (κ1) is 21.0. The van der Waals surface area contributed by atoms with Crippen LogP contribution in [0.25, 0.3) is 0 Å². The maximum absolute atomic E-state index is 12.4. The molecule has 1 aromatic rings. The highest BCUT2D eigenvalue weighted by Crippen LogP contribution is 2.30. The number of likely N-dealkylation sites (tertiary alicyclic amines) is 1. The van der Waals surface area contributed by atoms with Crippen LogP contribution in [0.3, 0.4) is 0 Å². The highest BCUT2D eigenvalue weighted by atomic mass is 35.5. The van der Waals surface area contributed by atoms with E-state index in [1.54, 1.807) is 0 Å². The average molecular weight is 420 g/mol. The summed E-state index contributed by atoms with van der Waals surface area (Å²) in [6, 6.07) is 6.43. The highest BCUT2D eigenvalue weighted by Gasteiger charge is 2.33. The van der Waals surface area contributed by atoms with Crippen molar-refractivity contribution in [3.05, 3.63) is 28.8 Å². The highest BCUT2D eigenvalue weighted by molar-refractivity contribution is 6.30. The van der Waals surface area contributed by atoms with Crippen LogP contribution in [-0.2, 0) is 4.79 Å². The number of carbonyl (C=O) groups excluding carboxylic acids is 1. The third-order valence-electron chi connectivity index (χ3n) is 6.96. The molecular formula is C23H34ClN3O2. The van der Waals surface area contributed by atoms with Crippen LogP contribution in [0.5, 0.6) is 5.75 Å². The van der Waals surface area contributed by atoms with Crippen molar-refractivity contribution >= 4 is 17.5 Å². The lowest BCUT2D eigenvalue weighted by Gasteiger charge is -2.43. The molecule has 0 atom stereocenters. The third-order valence-corrected chi connectivity index (χ3v) is 7.19. The van der Waals surface area contributed by atoms with E-state index < -0.39 is 0 Å². The minimum atomic E-state index is 0.342. The Hall–Kier alpha value is -1.30. The summed E-state index contributed by atoms with van der Waals surface area (Å²) in [5.74, 6) is 1.70. The molecule has 2 aliphatic heterocycles. The molecule has 5 nitrogen and oxygen atoms in total. The van der Waals surface area contributed by atoms with Crippen molar-refractivity contribution in [2.24, 2.45) is 5.92 Å². The van der Waals surface area contributed by atoms with Crippen LogP contribution < -0.4 is 4.74 Å². The van der Waals surface area contributed by atoms with Gasteiger partial charge in [-0.2, -0.15) is 0 Å². The second-order valence-electron chi connectivity index (χ2n) is 8.82. The number of hydrogen-bond acceptors (Lipinski definition) is 4. The summed E-state index contributed by atoms with van der Waals surface area (Å²) >= 11 is 6.01. The number of carbonyl (C=O) groups is 1. The molecule has 6 heteroatoms. The lowest BCUT2D eigenvalue weighted by Crippen LogP contribution is -2.54. The van der Waals surface area contributed by atoms with Gasteiger partial charge < -0.3 is 9.64 Å². The third kappa shape index (κ3) is 5.25. The number of benzene rings is 1. The van der Waals surface area contributed by atoms with Crippen LogP contribution in [0.15, 0.2) is 18.2 Å². The van der Waals surface area contributed by atoms with E-state index in [1.807, 2.05) is 25.1 Å². The number of ether oxygens (including phenoxy) is 1. The van der Waals surface area contributed by atoms with Crippen molar-refractivity contribution in [1.29, 1.82) is 0 Å². The van der Waals surface area contributed by atoms with Crippen LogP contribution in [0.2, 0.25) is 5.02 Å². The summed E-state index contributed by atoms with van der Waals surface area (Å²) in [5, 5.41) is 0.754. The molecule has 2 saturated heterocycles. The summed E-state index contributed by atoms with van der Waals surface area (Å²) in [6.45, 7) is 10.1. The molecule has 0 bridgehead atoms. The summed E-state index contributed by atoms with van der Waals surface area (Å²) < 4.78 is 5.95. The molecule has 4 rings (SSSR count). The van der Waals surface area contributed by atoms with Gasteiger partial charge >= 0.3 is 0 Å². The molecule has 1 aromatic carbocycles. The van der Waals surface area contributed by atoms with Gasteiger partial charge in [-0.15, -0.1) is 0 Å². The predicted octanol–water partition coefficient (Wildman–Crippen LogP) is 3.44. The Kier molecular flexibility index (Phi) is 6.99. The first-order chi connectivity index (χ1) is 14.1. The molecule has 160 valence electrons. The first-order valence-corrected chi connectivity index (χ1v) is 11.6. The van der Waals surface area contributed by atoms with Crippen LogP contribution in [-0.4, -0.2) is 79.1 Å². The minimum absolute atomic E-state index is 0.342. The molecule has 0 aromatic heterocycles. The van der Waals surface area contributed by atoms with Crippen LogP contribution in [0, 0.1) is 12.8 Å². The zero-order valence-corrected chi connectivity index (χ0v) is 18.4. The quantitative estimate of drug-likeness (QED) is 0.707. The molecule has 0 radical (unpaired) electrons. The Balaban J connectivity index is 1.14. The lowest BCUT2D eigenvalue weighted by molar-refractivity contribution is -0.139. The van der Waals surface area contributed by atoms with Gasteiger partial charge in [-0.25, -0.2) is 0 Å². The van der Waals surface area contributed by atoms with E-state index in [9.17, 15) is 4.79 Å². The van der Waals surface area contributed by atoms with Crippen molar-refractivity contribution in [1.82, 2.24) is 14.7 Å². The molecule has 3 fully saturated rings. The van der Waals surface area contributed by atoms with E-state index in [-0.39, 0.29) is 0 Å². The molecule has 0 N–H and O–H groups in total. The number of nitrogens with zero attached hydrogens (tertiary/aromatic N) is 3. The Morgan fingerprint density at radius 1 is 1.07 bits per heavy atom. The summed E-state index contributed by atoms with van der Waals surface area (Å²) in [4.78, 5) is 19.7. The fraction of sp³-hybridized carbons (Fsp3) is 0.696. The van der Waals surface area contributed by atoms with Gasteiger partial charge in [0.2, 0.25) is 5.91 Å². The zero-order chi connectivity index (χ0) is 20.2. The number of piperazine rings is 1. The van der Waals surface area contributed by atoms with Gasteiger partial charge in [-0.05, 0) is 56.4 Å². The monoisotopic (exact) mass is 419 g/mol. The van der Waals surface area contributed by atoms with Gasteiger partial charge in [0.25, 0.3) is 0 Å². The SMILES string of the molecule is Cc1cc(Cl)ccc1OCCN1CCN(C2CCN(C(=O)C3CCC3)CC2)CC1. The van der Waals surface area contributed by atoms with E-state index in [0.29, 0.717) is 24.5 Å². The number of piperidine rings is 1. The predicted molar refractivity (Wildman–Crippen MR) is 117 cm³/mol. The number of hydrogen-bond donors (Lipinski definition) is 0. The second kappa shape index (κ2) is 9.67. The molecule has 1 saturated carbocycles. The van der Waals surface area contributed by atoms with Gasteiger partial charge in [0, 0.05) is 62.8 Å². The first-order valence-electron chi connectivity index (χ1n) is 11.2. The molecule has 1 amide bonds. The Morgan fingerprint density at radius 2 is 1.79 bits per heavy atom. The van der Waals surface area contributed by atoms with E-state index in [1.165, 1.54) is 6.42 Å². The van der Waals surface area contributed by atoms with Crippen LogP contribution in [0.4, 0.5) is 0 Å². The number of amides is 1. The zero-order valence-electron chi connectivity index (χ0n) is 17.6. The number of halogens is 1. The Morgan fingerprint density at radius 3 is 2.41 bits per heavy atom. The maximum atomic E-state index is 12.4. The molecule has 0 spiro atoms. The molecular weight excluding hydrogens is 386 g/mol. The largest absolute Gasteiger partial charge is 0.492 e. The van der Waals surface area contributed by atoms with E-state index in [4.69, 9.17) is 16.3 Å². The Labute approximate surface area is 179 Å². The van der Waals surface area contributed by atoms with E-state index in [0.717, 1.165) is 87.8 Å². The van der Waals surface area contributed by atoms with Gasteiger partial charge in [-0.1, -0.05) is 18.0 Å². The van der Waals surface area contributed by atoms with E-state index in [2.05, 4.69) is 14.7 Å². The Bertz CT molecular complexity index is 693. The van der Waals surface area contributed by atoms with Gasteiger partial charge in [0.05, 0.1) is 0 Å². The smallest absolute Gasteiger partial charge is 0.225 e. The summed E-state index contributed by atoms with van der Waals surface area (Å²) in [5.41, 5.74) is 1.09. The van der Waals surface area contributed by atoms with Gasteiger partial charge in [-0.3, -0.25) is 14.6 Å². The molecule has 1 aliphatic carbocycles. The molecule has 2 heterocycles. The average Bonchev–Trinajstić information content (AvgIpc) is 2.69. The van der Waals surface area contributed by atoms with Crippen LogP contribution in [0.1, 0.15) is 37.7 Å². The summed E-state index contributed by atoms with van der Waals surface area (Å²) in [6.07, 6.45) is 5.74. The normalized spacial score (nSPS) is 22.5. The topological polar surface area (TPSA) is 36.0 Å². The molecule has 3 aliphatic rings. The fourth-order valence-electron chi connectivity index (χ4n) is 4.78. The molecule has 0 unspecified atom stereocenters. The maximum Gasteiger partial charge on any atom is 0.225 e. The van der Waals surface area contributed by atoms with Crippen molar-refractivity contribution in [3.8, 4) is 5.75 Å². The summed E-state index contributed by atoms with van der Waals surface area (Å²) in [7, 11) is 0. The number of aryl methyl sites for hydroxylation is 1. The van der Waals surface area contributed by atoms with Crippen molar-refractivity contribution < 1.29 is 9.53 Å². The second-order valence-corrected chi connectivity index (χ2v) is 9.26. The number of rotatable bonds is 6. The van der Waals surface area contributed by atoms with Gasteiger partial charge in [0.15, 0.2) is 0 Å². The van der Waals surface area contributed by atoms with Crippen molar-refractivity contribution in [3.63, 3.8) is 0 Å². The van der Waals surface area contributed by atoms with Crippen LogP contribution >= 0.6 is 11.6 Å². The molecule has 29 heavy (non-hydrogen) atoms. The van der Waals surface area contributed by atoms with E-state index >= 15 is 0 Å². The lowest BCUT2D eigenvalue weighted by atomic mass is 9.84. The van der Waals surface area contributed by atoms with Gasteiger partial charge in [0.1, 0.15) is 12.4 Å². The van der Waals surface area contributed by atoms with Crippen molar-refractivity contribution in [2.45, 2.75) is 45.1 Å². The fourth-order valence-corrected chi connectivity index (χ4v) is 5.00. The minimum Gasteiger partial charge on any atom is -0.492 e. The van der Waals surface area contributed by atoms with Crippen molar-refractivity contribution in [2.75, 3.05) is 52.4 Å². The standard InChI is InChI=1S/C23H34ClN3O2/c1-18-17-20(24)5-6-22(18)29-16-15-25-11-13-26(14-12-25)21-7-9-27(10-8-21)23(28)19-3-2-4-19/h5-6,17,19,21H,2-4,7-16H2,1H3.